The van der Waals surface area contributed by atoms with Crippen LogP contribution < -0.4 is 4.74 Å². The van der Waals surface area contributed by atoms with E-state index in [2.05, 4.69) is 0 Å². The summed E-state index contributed by atoms with van der Waals surface area (Å²) in [7, 11) is -5.74. The standard InChI is InChI=1S/C14H10F4O4S/c1-2-7-3-5-8(6-4-7)22-13-9(15)11(17)14(23(19,20)21)12(18)10(13)16/h3-6H,2H2,1H3,(H,19,20,21)/p-1. The zero-order chi connectivity index (χ0) is 17.4. The fraction of sp³-hybridized carbons (Fsp3) is 0.143. The van der Waals surface area contributed by atoms with E-state index in [-0.39, 0.29) is 5.75 Å². The Labute approximate surface area is 129 Å². The van der Waals surface area contributed by atoms with E-state index in [1.165, 1.54) is 12.1 Å². The van der Waals surface area contributed by atoms with Crippen molar-refractivity contribution in [1.82, 2.24) is 0 Å². The van der Waals surface area contributed by atoms with Crippen molar-refractivity contribution in [2.45, 2.75) is 18.2 Å². The number of ether oxygens (including phenoxy) is 1. The first-order valence-corrected chi connectivity index (χ1v) is 7.66. The smallest absolute Gasteiger partial charge is 0.205 e. The van der Waals surface area contributed by atoms with Crippen molar-refractivity contribution in [3.63, 3.8) is 0 Å². The quantitative estimate of drug-likeness (QED) is 0.481. The summed E-state index contributed by atoms with van der Waals surface area (Å²) in [5, 5.41) is 0. The summed E-state index contributed by atoms with van der Waals surface area (Å²) in [6.07, 6.45) is 0.683. The van der Waals surface area contributed by atoms with Crippen LogP contribution in [-0.4, -0.2) is 13.0 Å². The topological polar surface area (TPSA) is 66.4 Å². The first-order valence-electron chi connectivity index (χ1n) is 6.25. The molecule has 0 spiro atoms. The summed E-state index contributed by atoms with van der Waals surface area (Å²) < 4.78 is 91.5. The van der Waals surface area contributed by atoms with Gasteiger partial charge in [-0.05, 0) is 24.1 Å². The number of aryl methyl sites for hydroxylation is 1. The molecule has 4 nitrogen and oxygen atoms in total. The fourth-order valence-corrected chi connectivity index (χ4v) is 2.43. The molecule has 0 radical (unpaired) electrons. The minimum Gasteiger partial charge on any atom is -0.744 e. The minimum absolute atomic E-state index is 0.128. The highest BCUT2D eigenvalue weighted by atomic mass is 32.2. The lowest BCUT2D eigenvalue weighted by atomic mass is 10.2. The molecule has 0 fully saturated rings. The molecule has 0 amide bonds. The molecular weight excluding hydrogens is 340 g/mol. The van der Waals surface area contributed by atoms with E-state index in [4.69, 9.17) is 4.74 Å². The molecule has 2 aromatic carbocycles. The number of halogens is 4. The number of benzene rings is 2. The third-order valence-electron chi connectivity index (χ3n) is 2.98. The number of rotatable bonds is 4. The lowest BCUT2D eigenvalue weighted by Gasteiger charge is -2.14. The fourth-order valence-electron chi connectivity index (χ4n) is 1.81. The Balaban J connectivity index is 2.55. The largest absolute Gasteiger partial charge is 0.744 e. The van der Waals surface area contributed by atoms with Crippen LogP contribution in [0.25, 0.3) is 0 Å². The second kappa shape index (κ2) is 6.17. The maximum Gasteiger partial charge on any atom is 0.205 e. The Hall–Kier alpha value is -2.13. The van der Waals surface area contributed by atoms with Crippen LogP contribution in [0.4, 0.5) is 17.6 Å². The predicted octanol–water partition coefficient (Wildman–Crippen LogP) is 3.50. The molecule has 23 heavy (non-hydrogen) atoms. The maximum atomic E-state index is 13.8. The van der Waals surface area contributed by atoms with Gasteiger partial charge in [0.05, 0.1) is 0 Å². The van der Waals surface area contributed by atoms with E-state index in [1.807, 2.05) is 6.92 Å². The van der Waals surface area contributed by atoms with Crippen LogP contribution in [0.15, 0.2) is 29.2 Å². The number of hydrogen-bond donors (Lipinski definition) is 0. The van der Waals surface area contributed by atoms with Gasteiger partial charge in [-0.1, -0.05) is 19.1 Å². The average Bonchev–Trinajstić information content (AvgIpc) is 2.49. The van der Waals surface area contributed by atoms with Gasteiger partial charge in [0.25, 0.3) is 0 Å². The lowest BCUT2D eigenvalue weighted by Crippen LogP contribution is -2.11. The molecule has 0 saturated heterocycles. The van der Waals surface area contributed by atoms with E-state index >= 15 is 0 Å². The first-order chi connectivity index (χ1) is 10.7. The monoisotopic (exact) mass is 349 g/mol. The average molecular weight is 349 g/mol. The van der Waals surface area contributed by atoms with E-state index in [0.717, 1.165) is 5.56 Å². The van der Waals surface area contributed by atoms with Gasteiger partial charge in [-0.3, -0.25) is 0 Å². The minimum atomic E-state index is -5.74. The molecule has 0 heterocycles. The Morgan fingerprint density at radius 2 is 1.43 bits per heavy atom. The molecule has 2 rings (SSSR count). The van der Waals surface area contributed by atoms with Crippen molar-refractivity contribution in [3.05, 3.63) is 53.1 Å². The van der Waals surface area contributed by atoms with E-state index < -0.39 is 44.0 Å². The van der Waals surface area contributed by atoms with Crippen molar-refractivity contribution in [3.8, 4) is 11.5 Å². The van der Waals surface area contributed by atoms with Crippen molar-refractivity contribution >= 4 is 10.1 Å². The Morgan fingerprint density at radius 3 is 1.83 bits per heavy atom. The van der Waals surface area contributed by atoms with Gasteiger partial charge in [-0.2, -0.15) is 8.78 Å². The van der Waals surface area contributed by atoms with E-state index in [1.54, 1.807) is 12.1 Å². The molecule has 2 aromatic rings. The Morgan fingerprint density at radius 1 is 0.957 bits per heavy atom. The van der Waals surface area contributed by atoms with Crippen LogP contribution in [0, 0.1) is 23.3 Å². The number of hydrogen-bond acceptors (Lipinski definition) is 4. The zero-order valence-corrected chi connectivity index (χ0v) is 12.4. The van der Waals surface area contributed by atoms with Gasteiger partial charge < -0.3 is 9.29 Å². The van der Waals surface area contributed by atoms with Gasteiger partial charge in [-0.15, -0.1) is 0 Å². The summed E-state index contributed by atoms with van der Waals surface area (Å²) in [4.78, 5) is -2.22. The highest BCUT2D eigenvalue weighted by Gasteiger charge is 2.30. The first kappa shape index (κ1) is 17.2. The third kappa shape index (κ3) is 3.30. The molecule has 0 saturated carbocycles. The summed E-state index contributed by atoms with van der Waals surface area (Å²) in [6.45, 7) is 1.86. The Bertz CT molecular complexity index is 819. The van der Waals surface area contributed by atoms with Crippen molar-refractivity contribution in [2.24, 2.45) is 0 Å². The molecule has 0 atom stereocenters. The predicted molar refractivity (Wildman–Crippen MR) is 70.1 cm³/mol. The van der Waals surface area contributed by atoms with Crippen molar-refractivity contribution in [1.29, 1.82) is 0 Å². The molecule has 0 aromatic heterocycles. The Kier molecular flexibility index (Phi) is 4.62. The van der Waals surface area contributed by atoms with Gasteiger partial charge in [0.1, 0.15) is 20.8 Å². The van der Waals surface area contributed by atoms with Gasteiger partial charge in [0.2, 0.25) is 17.4 Å². The van der Waals surface area contributed by atoms with Gasteiger partial charge in [0, 0.05) is 0 Å². The lowest BCUT2D eigenvalue weighted by molar-refractivity contribution is 0.345. The molecule has 124 valence electrons. The third-order valence-corrected chi connectivity index (χ3v) is 3.84. The summed E-state index contributed by atoms with van der Waals surface area (Å²) >= 11 is 0. The molecule has 0 N–H and O–H groups in total. The van der Waals surface area contributed by atoms with Crippen LogP contribution in [-0.2, 0) is 16.5 Å². The summed E-state index contributed by atoms with van der Waals surface area (Å²) in [5.41, 5.74) is 0.878. The van der Waals surface area contributed by atoms with Crippen LogP contribution >= 0.6 is 0 Å². The molecule has 0 unspecified atom stereocenters. The highest BCUT2D eigenvalue weighted by molar-refractivity contribution is 7.85. The second-order valence-electron chi connectivity index (χ2n) is 4.47. The van der Waals surface area contributed by atoms with Crippen LogP contribution in [0.2, 0.25) is 0 Å². The van der Waals surface area contributed by atoms with Crippen molar-refractivity contribution in [2.75, 3.05) is 0 Å². The highest BCUT2D eigenvalue weighted by Crippen LogP contribution is 2.35. The summed E-state index contributed by atoms with van der Waals surface area (Å²) in [6, 6.07) is 5.75. The van der Waals surface area contributed by atoms with Gasteiger partial charge >= 0.3 is 0 Å². The van der Waals surface area contributed by atoms with Crippen LogP contribution in [0.3, 0.4) is 0 Å². The molecule has 0 bridgehead atoms. The zero-order valence-electron chi connectivity index (χ0n) is 11.6. The SMILES string of the molecule is CCc1ccc(Oc2c(F)c(F)c(S(=O)(=O)[O-])c(F)c2F)cc1. The van der Waals surface area contributed by atoms with Gasteiger partial charge in [0.15, 0.2) is 11.6 Å². The molecule has 0 aliphatic rings. The summed E-state index contributed by atoms with van der Waals surface area (Å²) in [5.74, 6) is -10.5. The molecule has 0 aliphatic heterocycles. The molecule has 9 heteroatoms. The maximum absolute atomic E-state index is 13.8. The van der Waals surface area contributed by atoms with Gasteiger partial charge in [-0.25, -0.2) is 17.2 Å². The van der Waals surface area contributed by atoms with Crippen LogP contribution in [0.1, 0.15) is 12.5 Å². The normalized spacial score (nSPS) is 11.6. The van der Waals surface area contributed by atoms with E-state index in [0.29, 0.717) is 6.42 Å². The van der Waals surface area contributed by atoms with Crippen molar-refractivity contribution < 1.29 is 35.3 Å². The van der Waals surface area contributed by atoms with E-state index in [9.17, 15) is 30.5 Å². The van der Waals surface area contributed by atoms with Crippen LogP contribution in [0.5, 0.6) is 11.5 Å². The molecular formula is C14H9F4O4S-. The second-order valence-corrected chi connectivity index (χ2v) is 5.78. The molecule has 0 aliphatic carbocycles.